The maximum Gasteiger partial charge on any atom is 0.124 e. The molecule has 0 N–H and O–H groups in total. The number of ether oxygens (including phenoxy) is 2. The van der Waals surface area contributed by atoms with Crippen molar-refractivity contribution in [2.75, 3.05) is 7.11 Å². The molecular formula is C18H28O2. The third kappa shape index (κ3) is 4.24. The molecule has 1 aliphatic rings. The molecule has 1 saturated carbocycles. The predicted molar refractivity (Wildman–Crippen MR) is 83.1 cm³/mol. The molecule has 20 heavy (non-hydrogen) atoms. The highest BCUT2D eigenvalue weighted by Crippen LogP contribution is 2.35. The van der Waals surface area contributed by atoms with Gasteiger partial charge in [0.15, 0.2) is 0 Å². The second kappa shape index (κ2) is 7.68. The Morgan fingerprint density at radius 2 is 1.80 bits per heavy atom. The summed E-state index contributed by atoms with van der Waals surface area (Å²) in [6.45, 7) is 4.51. The third-order valence-electron chi connectivity index (χ3n) is 4.08. The van der Waals surface area contributed by atoms with Crippen molar-refractivity contribution in [1.82, 2.24) is 0 Å². The minimum Gasteiger partial charge on any atom is -0.496 e. The molecule has 1 fully saturated rings. The SMILES string of the molecule is COc1ccccc1[C@H](CC(C)C)OC1CCCCC1. The standard InChI is InChI=1S/C18H28O2/c1-14(2)13-18(20-15-9-5-4-6-10-15)16-11-7-8-12-17(16)19-3/h7-8,11-12,14-15,18H,4-6,9-10,13H2,1-3H3/t18-/m0/s1. The highest BCUT2D eigenvalue weighted by atomic mass is 16.5. The summed E-state index contributed by atoms with van der Waals surface area (Å²) in [5.41, 5.74) is 1.20. The maximum absolute atomic E-state index is 6.45. The van der Waals surface area contributed by atoms with Crippen LogP contribution in [-0.4, -0.2) is 13.2 Å². The molecule has 0 heterocycles. The van der Waals surface area contributed by atoms with E-state index in [0.717, 1.165) is 12.2 Å². The third-order valence-corrected chi connectivity index (χ3v) is 4.08. The van der Waals surface area contributed by atoms with Crippen LogP contribution in [0.4, 0.5) is 0 Å². The molecule has 2 heteroatoms. The second-order valence-corrected chi connectivity index (χ2v) is 6.26. The van der Waals surface area contributed by atoms with Crippen LogP contribution in [-0.2, 0) is 4.74 Å². The van der Waals surface area contributed by atoms with Crippen molar-refractivity contribution in [2.24, 2.45) is 5.92 Å². The van der Waals surface area contributed by atoms with Crippen LogP contribution >= 0.6 is 0 Å². The summed E-state index contributed by atoms with van der Waals surface area (Å²) in [6, 6.07) is 8.28. The van der Waals surface area contributed by atoms with Crippen molar-refractivity contribution in [2.45, 2.75) is 64.6 Å². The molecule has 0 bridgehead atoms. The van der Waals surface area contributed by atoms with Gasteiger partial charge in [-0.25, -0.2) is 0 Å². The van der Waals surface area contributed by atoms with Crippen molar-refractivity contribution in [3.63, 3.8) is 0 Å². The van der Waals surface area contributed by atoms with E-state index in [2.05, 4.69) is 26.0 Å². The summed E-state index contributed by atoms with van der Waals surface area (Å²) in [5.74, 6) is 1.57. The molecule has 0 amide bonds. The van der Waals surface area contributed by atoms with Crippen LogP contribution in [0.1, 0.15) is 64.0 Å². The topological polar surface area (TPSA) is 18.5 Å². The fourth-order valence-corrected chi connectivity index (χ4v) is 3.05. The van der Waals surface area contributed by atoms with Gasteiger partial charge in [0, 0.05) is 5.56 Å². The van der Waals surface area contributed by atoms with E-state index >= 15 is 0 Å². The molecule has 2 nitrogen and oxygen atoms in total. The van der Waals surface area contributed by atoms with Gasteiger partial charge in [0.1, 0.15) is 5.75 Å². The van der Waals surface area contributed by atoms with Gasteiger partial charge in [-0.3, -0.25) is 0 Å². The lowest BCUT2D eigenvalue weighted by atomic mass is 9.95. The Bertz CT molecular complexity index is 394. The van der Waals surface area contributed by atoms with Crippen molar-refractivity contribution >= 4 is 0 Å². The number of methoxy groups -OCH3 is 1. The molecular weight excluding hydrogens is 248 g/mol. The highest BCUT2D eigenvalue weighted by Gasteiger charge is 2.23. The Morgan fingerprint density at radius 1 is 1.10 bits per heavy atom. The molecule has 0 unspecified atom stereocenters. The molecule has 0 aliphatic heterocycles. The summed E-state index contributed by atoms with van der Waals surface area (Å²) < 4.78 is 12.0. The van der Waals surface area contributed by atoms with Gasteiger partial charge in [0.2, 0.25) is 0 Å². The normalized spacial score (nSPS) is 18.2. The smallest absolute Gasteiger partial charge is 0.124 e. The molecule has 1 aromatic carbocycles. The average molecular weight is 276 g/mol. The molecule has 1 atom stereocenters. The van der Waals surface area contributed by atoms with Gasteiger partial charge < -0.3 is 9.47 Å². The number of benzene rings is 1. The fraction of sp³-hybridized carbons (Fsp3) is 0.667. The van der Waals surface area contributed by atoms with Crippen LogP contribution in [0.15, 0.2) is 24.3 Å². The zero-order chi connectivity index (χ0) is 14.4. The van der Waals surface area contributed by atoms with E-state index in [4.69, 9.17) is 9.47 Å². The second-order valence-electron chi connectivity index (χ2n) is 6.26. The molecule has 2 rings (SSSR count). The number of hydrogen-bond donors (Lipinski definition) is 0. The van der Waals surface area contributed by atoms with Crippen molar-refractivity contribution in [1.29, 1.82) is 0 Å². The lowest BCUT2D eigenvalue weighted by Gasteiger charge is -2.29. The summed E-state index contributed by atoms with van der Waals surface area (Å²) in [5, 5.41) is 0. The molecule has 1 aliphatic carbocycles. The van der Waals surface area contributed by atoms with Gasteiger partial charge in [-0.05, 0) is 31.2 Å². The van der Waals surface area contributed by atoms with Gasteiger partial charge in [0.25, 0.3) is 0 Å². The molecule has 0 saturated heterocycles. The largest absolute Gasteiger partial charge is 0.496 e. The first-order chi connectivity index (χ1) is 9.70. The zero-order valence-corrected chi connectivity index (χ0v) is 13.1. The fourth-order valence-electron chi connectivity index (χ4n) is 3.05. The number of rotatable bonds is 6. The first kappa shape index (κ1) is 15.4. The monoisotopic (exact) mass is 276 g/mol. The van der Waals surface area contributed by atoms with Crippen LogP contribution in [0, 0.1) is 5.92 Å². The Hall–Kier alpha value is -1.02. The first-order valence-corrected chi connectivity index (χ1v) is 7.99. The van der Waals surface area contributed by atoms with E-state index in [0.29, 0.717) is 12.0 Å². The zero-order valence-electron chi connectivity index (χ0n) is 13.1. The minimum absolute atomic E-state index is 0.161. The summed E-state index contributed by atoms with van der Waals surface area (Å²) >= 11 is 0. The molecule has 1 aromatic rings. The molecule has 0 radical (unpaired) electrons. The van der Waals surface area contributed by atoms with Crippen LogP contribution in [0.2, 0.25) is 0 Å². The molecule has 112 valence electrons. The number of hydrogen-bond acceptors (Lipinski definition) is 2. The van der Waals surface area contributed by atoms with E-state index < -0.39 is 0 Å². The van der Waals surface area contributed by atoms with Crippen LogP contribution in [0.5, 0.6) is 5.75 Å². The van der Waals surface area contributed by atoms with Gasteiger partial charge >= 0.3 is 0 Å². The van der Waals surface area contributed by atoms with Gasteiger partial charge in [-0.15, -0.1) is 0 Å². The predicted octanol–water partition coefficient (Wildman–Crippen LogP) is 5.13. The van der Waals surface area contributed by atoms with Crippen molar-refractivity contribution in [3.8, 4) is 5.75 Å². The Balaban J connectivity index is 2.13. The summed E-state index contributed by atoms with van der Waals surface area (Å²) in [7, 11) is 1.74. The molecule has 0 spiro atoms. The lowest BCUT2D eigenvalue weighted by Crippen LogP contribution is -2.21. The van der Waals surface area contributed by atoms with Crippen molar-refractivity contribution in [3.05, 3.63) is 29.8 Å². The quantitative estimate of drug-likeness (QED) is 0.717. The van der Waals surface area contributed by atoms with E-state index in [9.17, 15) is 0 Å². The van der Waals surface area contributed by atoms with Gasteiger partial charge in [-0.1, -0.05) is 51.3 Å². The van der Waals surface area contributed by atoms with E-state index in [-0.39, 0.29) is 6.10 Å². The highest BCUT2D eigenvalue weighted by molar-refractivity contribution is 5.35. The first-order valence-electron chi connectivity index (χ1n) is 7.99. The lowest BCUT2D eigenvalue weighted by molar-refractivity contribution is -0.0411. The minimum atomic E-state index is 0.161. The van der Waals surface area contributed by atoms with Crippen LogP contribution in [0.25, 0.3) is 0 Å². The Kier molecular flexibility index (Phi) is 5.90. The molecule has 0 aromatic heterocycles. The van der Waals surface area contributed by atoms with Crippen LogP contribution < -0.4 is 4.74 Å². The summed E-state index contributed by atoms with van der Waals surface area (Å²) in [6.07, 6.45) is 8.05. The Morgan fingerprint density at radius 3 is 2.45 bits per heavy atom. The average Bonchev–Trinajstić information content (AvgIpc) is 2.47. The maximum atomic E-state index is 6.45. The number of para-hydroxylation sites is 1. The van der Waals surface area contributed by atoms with E-state index in [1.807, 2.05) is 12.1 Å². The van der Waals surface area contributed by atoms with E-state index in [1.54, 1.807) is 7.11 Å². The van der Waals surface area contributed by atoms with Gasteiger partial charge in [-0.2, -0.15) is 0 Å². The summed E-state index contributed by atoms with van der Waals surface area (Å²) in [4.78, 5) is 0. The Labute approximate surface area is 123 Å². The van der Waals surface area contributed by atoms with Gasteiger partial charge in [0.05, 0.1) is 19.3 Å². The van der Waals surface area contributed by atoms with Crippen molar-refractivity contribution < 1.29 is 9.47 Å². The van der Waals surface area contributed by atoms with E-state index in [1.165, 1.54) is 37.7 Å². The van der Waals surface area contributed by atoms with Crippen LogP contribution in [0.3, 0.4) is 0 Å².